The normalized spacial score (nSPS) is 10.8. The van der Waals surface area contributed by atoms with Crippen LogP contribution >= 0.6 is 43.5 Å². The van der Waals surface area contributed by atoms with E-state index in [4.69, 9.17) is 11.6 Å². The molecular weight excluding hydrogens is 351 g/mol. The first kappa shape index (κ1) is 14.5. The van der Waals surface area contributed by atoms with E-state index in [0.717, 1.165) is 25.7 Å². The lowest BCUT2D eigenvalue weighted by Crippen LogP contribution is -1.99. The Balaban J connectivity index is 3.25. The first-order valence-corrected chi connectivity index (χ1v) is 7.82. The van der Waals surface area contributed by atoms with Gasteiger partial charge >= 0.3 is 0 Å². The molecule has 0 aromatic heterocycles. The molecule has 0 saturated heterocycles. The van der Waals surface area contributed by atoms with Gasteiger partial charge in [-0.15, -0.1) is 11.6 Å². The van der Waals surface area contributed by atoms with Crippen LogP contribution in [0.25, 0.3) is 0 Å². The topological polar surface area (TPSA) is 0 Å². The van der Waals surface area contributed by atoms with Gasteiger partial charge in [0, 0.05) is 14.8 Å². The Bertz CT molecular complexity index is 361. The lowest BCUT2D eigenvalue weighted by atomic mass is 9.99. The van der Waals surface area contributed by atoms with Crippen molar-refractivity contribution in [1.29, 1.82) is 0 Å². The van der Waals surface area contributed by atoms with E-state index in [2.05, 4.69) is 51.8 Å². The average molecular weight is 369 g/mol. The number of benzene rings is 1. The van der Waals surface area contributed by atoms with Crippen molar-refractivity contribution in [2.24, 2.45) is 0 Å². The molecule has 0 unspecified atom stereocenters. The van der Waals surface area contributed by atoms with Crippen molar-refractivity contribution in [2.45, 2.75) is 45.4 Å². The second-order valence-electron chi connectivity index (χ2n) is 3.92. The molecule has 3 heteroatoms. The van der Waals surface area contributed by atoms with Gasteiger partial charge in [-0.05, 0) is 35.6 Å². The van der Waals surface area contributed by atoms with Crippen LogP contribution in [0.1, 0.15) is 43.4 Å². The SMILES string of the molecule is CCCc1cc(Br)c(CCC)c(Br)c1CCl. The van der Waals surface area contributed by atoms with Crippen LogP contribution in [0.15, 0.2) is 15.0 Å². The summed E-state index contributed by atoms with van der Waals surface area (Å²) in [5.74, 6) is 0.583. The molecule has 0 amide bonds. The Morgan fingerprint density at radius 3 is 2.19 bits per heavy atom. The van der Waals surface area contributed by atoms with Crippen molar-refractivity contribution in [3.63, 3.8) is 0 Å². The van der Waals surface area contributed by atoms with Gasteiger partial charge < -0.3 is 0 Å². The zero-order valence-corrected chi connectivity index (χ0v) is 13.7. The third kappa shape index (κ3) is 3.24. The van der Waals surface area contributed by atoms with Crippen LogP contribution in [0.4, 0.5) is 0 Å². The Morgan fingerprint density at radius 2 is 1.69 bits per heavy atom. The number of rotatable bonds is 5. The number of hydrogen-bond acceptors (Lipinski definition) is 0. The molecule has 0 bridgehead atoms. The quantitative estimate of drug-likeness (QED) is 0.571. The van der Waals surface area contributed by atoms with E-state index < -0.39 is 0 Å². The molecule has 0 spiro atoms. The van der Waals surface area contributed by atoms with E-state index in [0.29, 0.717) is 5.88 Å². The van der Waals surface area contributed by atoms with Crippen molar-refractivity contribution in [1.82, 2.24) is 0 Å². The van der Waals surface area contributed by atoms with Gasteiger partial charge in [0.05, 0.1) is 0 Å². The van der Waals surface area contributed by atoms with Crippen molar-refractivity contribution < 1.29 is 0 Å². The molecule has 1 aromatic carbocycles. The highest BCUT2D eigenvalue weighted by atomic mass is 79.9. The van der Waals surface area contributed by atoms with Crippen molar-refractivity contribution in [3.8, 4) is 0 Å². The molecule has 0 heterocycles. The second kappa shape index (κ2) is 7.03. The monoisotopic (exact) mass is 366 g/mol. The lowest BCUT2D eigenvalue weighted by molar-refractivity contribution is 0.883. The smallest absolute Gasteiger partial charge is 0.0488 e. The molecule has 0 nitrogen and oxygen atoms in total. The maximum atomic E-state index is 6.05. The molecule has 90 valence electrons. The standard InChI is InChI=1S/C13H17Br2Cl/c1-3-5-9-7-12(14)10(6-4-2)13(15)11(9)8-16/h7H,3-6,8H2,1-2H3. The summed E-state index contributed by atoms with van der Waals surface area (Å²) in [4.78, 5) is 0. The highest BCUT2D eigenvalue weighted by Crippen LogP contribution is 2.34. The van der Waals surface area contributed by atoms with Crippen molar-refractivity contribution >= 4 is 43.5 Å². The average Bonchev–Trinajstić information content (AvgIpc) is 2.25. The largest absolute Gasteiger partial charge is 0.121 e. The van der Waals surface area contributed by atoms with Crippen LogP contribution in [0.2, 0.25) is 0 Å². The summed E-state index contributed by atoms with van der Waals surface area (Å²) in [6.07, 6.45) is 4.46. The summed E-state index contributed by atoms with van der Waals surface area (Å²) >= 11 is 13.4. The van der Waals surface area contributed by atoms with E-state index >= 15 is 0 Å². The Kier molecular flexibility index (Phi) is 6.38. The molecule has 0 fully saturated rings. The van der Waals surface area contributed by atoms with E-state index in [-0.39, 0.29) is 0 Å². The summed E-state index contributed by atoms with van der Waals surface area (Å²) in [5.41, 5.74) is 3.96. The van der Waals surface area contributed by atoms with Gasteiger partial charge in [0.15, 0.2) is 0 Å². The fraction of sp³-hybridized carbons (Fsp3) is 0.538. The zero-order valence-electron chi connectivity index (χ0n) is 9.75. The number of hydrogen-bond donors (Lipinski definition) is 0. The summed E-state index contributed by atoms with van der Waals surface area (Å²) < 4.78 is 2.40. The van der Waals surface area contributed by atoms with Gasteiger partial charge in [-0.2, -0.15) is 0 Å². The Morgan fingerprint density at radius 1 is 1.06 bits per heavy atom. The second-order valence-corrected chi connectivity index (χ2v) is 5.84. The molecule has 0 aliphatic heterocycles. The molecule has 0 saturated carbocycles. The van der Waals surface area contributed by atoms with Crippen molar-refractivity contribution in [3.05, 3.63) is 31.7 Å². The fourth-order valence-corrected chi connectivity index (χ4v) is 4.08. The summed E-state index contributed by atoms with van der Waals surface area (Å²) in [6.45, 7) is 4.39. The van der Waals surface area contributed by atoms with Crippen LogP contribution in [-0.2, 0) is 18.7 Å². The van der Waals surface area contributed by atoms with Crippen LogP contribution in [0, 0.1) is 0 Å². The molecule has 1 rings (SSSR count). The maximum Gasteiger partial charge on any atom is 0.0488 e. The molecule has 0 aliphatic carbocycles. The molecule has 0 radical (unpaired) electrons. The van der Waals surface area contributed by atoms with E-state index in [9.17, 15) is 0 Å². The third-order valence-corrected chi connectivity index (χ3v) is 4.59. The highest BCUT2D eigenvalue weighted by molar-refractivity contribution is 9.11. The van der Waals surface area contributed by atoms with Crippen molar-refractivity contribution in [2.75, 3.05) is 0 Å². The van der Waals surface area contributed by atoms with Crippen LogP contribution in [0.5, 0.6) is 0 Å². The minimum atomic E-state index is 0.583. The summed E-state index contributed by atoms with van der Waals surface area (Å²) in [5, 5.41) is 0. The lowest BCUT2D eigenvalue weighted by Gasteiger charge is -2.15. The molecule has 1 aromatic rings. The first-order chi connectivity index (χ1) is 7.65. The molecule has 16 heavy (non-hydrogen) atoms. The third-order valence-electron chi connectivity index (χ3n) is 2.66. The van der Waals surface area contributed by atoms with E-state index in [1.54, 1.807) is 0 Å². The van der Waals surface area contributed by atoms with Crippen LogP contribution in [0.3, 0.4) is 0 Å². The summed E-state index contributed by atoms with van der Waals surface area (Å²) in [7, 11) is 0. The van der Waals surface area contributed by atoms with Gasteiger partial charge in [0.2, 0.25) is 0 Å². The first-order valence-electron chi connectivity index (χ1n) is 5.70. The van der Waals surface area contributed by atoms with E-state index in [1.165, 1.54) is 25.6 Å². The minimum Gasteiger partial charge on any atom is -0.121 e. The molecule has 0 aliphatic rings. The number of halogens is 3. The molecule has 0 N–H and O–H groups in total. The molecule has 0 atom stereocenters. The van der Waals surface area contributed by atoms with Crippen LogP contribution in [-0.4, -0.2) is 0 Å². The highest BCUT2D eigenvalue weighted by Gasteiger charge is 2.13. The maximum absolute atomic E-state index is 6.05. The Labute approximate surface area is 120 Å². The van der Waals surface area contributed by atoms with Crippen LogP contribution < -0.4 is 0 Å². The van der Waals surface area contributed by atoms with Gasteiger partial charge in [0.1, 0.15) is 0 Å². The fourth-order valence-electron chi connectivity index (χ4n) is 1.87. The van der Waals surface area contributed by atoms with E-state index in [1.807, 2.05) is 0 Å². The predicted molar refractivity (Wildman–Crippen MR) is 79.4 cm³/mol. The zero-order chi connectivity index (χ0) is 12.1. The predicted octanol–water partition coefficient (Wildman–Crippen LogP) is 5.86. The molecular formula is C13H17Br2Cl. The number of aryl methyl sites for hydroxylation is 1. The van der Waals surface area contributed by atoms with Gasteiger partial charge in [-0.1, -0.05) is 58.5 Å². The van der Waals surface area contributed by atoms with Gasteiger partial charge in [0.25, 0.3) is 0 Å². The number of alkyl halides is 1. The Hall–Kier alpha value is 0.470. The minimum absolute atomic E-state index is 0.583. The van der Waals surface area contributed by atoms with Gasteiger partial charge in [-0.3, -0.25) is 0 Å². The van der Waals surface area contributed by atoms with Gasteiger partial charge in [-0.25, -0.2) is 0 Å². The summed E-state index contributed by atoms with van der Waals surface area (Å²) in [6, 6.07) is 2.23.